The van der Waals surface area contributed by atoms with Crippen LogP contribution in [0.5, 0.6) is 5.75 Å². The second-order valence-corrected chi connectivity index (χ2v) is 7.77. The van der Waals surface area contributed by atoms with Crippen LogP contribution in [0.4, 0.5) is 5.82 Å². The molecule has 3 aromatic carbocycles. The first-order valence-electron chi connectivity index (χ1n) is 10.8. The first-order valence-corrected chi connectivity index (χ1v) is 10.8. The van der Waals surface area contributed by atoms with Crippen LogP contribution in [0.2, 0.25) is 0 Å². The van der Waals surface area contributed by atoms with Gasteiger partial charge in [-0.3, -0.25) is 4.79 Å². The fourth-order valence-corrected chi connectivity index (χ4v) is 3.93. The highest BCUT2D eigenvalue weighted by atomic mass is 16.5. The van der Waals surface area contributed by atoms with Crippen LogP contribution in [0, 0.1) is 0 Å². The summed E-state index contributed by atoms with van der Waals surface area (Å²) in [5.41, 5.74) is 0.994. The Morgan fingerprint density at radius 3 is 2.41 bits per heavy atom. The van der Waals surface area contributed by atoms with E-state index in [-0.39, 0.29) is 12.5 Å². The molecule has 0 saturated carbocycles. The number of amides is 1. The number of nitrogens with zero attached hydrogens (tertiary/aromatic N) is 4. The van der Waals surface area contributed by atoms with Gasteiger partial charge in [0.15, 0.2) is 12.4 Å². The first kappa shape index (κ1) is 20.0. The fourth-order valence-electron chi connectivity index (χ4n) is 3.93. The second-order valence-electron chi connectivity index (χ2n) is 7.77. The molecule has 0 N–H and O–H groups in total. The molecular formula is C26H24N4O2. The third-order valence-electron chi connectivity index (χ3n) is 5.71. The van der Waals surface area contributed by atoms with Gasteiger partial charge in [0.05, 0.1) is 0 Å². The molecule has 0 radical (unpaired) electrons. The van der Waals surface area contributed by atoms with Gasteiger partial charge in [0, 0.05) is 37.9 Å². The van der Waals surface area contributed by atoms with Gasteiger partial charge in [-0.15, -0.1) is 0 Å². The van der Waals surface area contributed by atoms with E-state index >= 15 is 0 Å². The minimum Gasteiger partial charge on any atom is -0.484 e. The summed E-state index contributed by atoms with van der Waals surface area (Å²) in [6, 6.07) is 25.9. The zero-order valence-electron chi connectivity index (χ0n) is 17.7. The Bertz CT molecular complexity index is 1220. The Balaban J connectivity index is 1.17. The molecule has 0 aliphatic carbocycles. The maximum absolute atomic E-state index is 12.7. The Morgan fingerprint density at radius 1 is 0.844 bits per heavy atom. The van der Waals surface area contributed by atoms with Gasteiger partial charge in [-0.05, 0) is 29.0 Å². The molecule has 32 heavy (non-hydrogen) atoms. The Kier molecular flexibility index (Phi) is 5.66. The van der Waals surface area contributed by atoms with Gasteiger partial charge >= 0.3 is 0 Å². The van der Waals surface area contributed by atoms with Gasteiger partial charge in [0.25, 0.3) is 5.91 Å². The third kappa shape index (κ3) is 4.39. The van der Waals surface area contributed by atoms with Crippen LogP contribution in [0.3, 0.4) is 0 Å². The van der Waals surface area contributed by atoms with Crippen molar-refractivity contribution >= 4 is 22.5 Å². The fraction of sp³-hybridized carbons (Fsp3) is 0.192. The number of carbonyl (C=O) groups is 1. The van der Waals surface area contributed by atoms with Gasteiger partial charge in [-0.25, -0.2) is 9.97 Å². The lowest BCUT2D eigenvalue weighted by Gasteiger charge is -2.35. The molecule has 1 aromatic heterocycles. The number of fused-ring (bicyclic) bond motifs is 1. The Morgan fingerprint density at radius 2 is 1.59 bits per heavy atom. The average molecular weight is 425 g/mol. The van der Waals surface area contributed by atoms with Crippen molar-refractivity contribution in [1.82, 2.24) is 14.9 Å². The van der Waals surface area contributed by atoms with E-state index in [1.165, 1.54) is 0 Å². The van der Waals surface area contributed by atoms with Crippen molar-refractivity contribution in [3.8, 4) is 17.1 Å². The number of carbonyl (C=O) groups excluding carboxylic acids is 1. The van der Waals surface area contributed by atoms with Crippen LogP contribution in [0.1, 0.15) is 0 Å². The zero-order chi connectivity index (χ0) is 21.8. The Hall–Kier alpha value is -3.93. The topological polar surface area (TPSA) is 58.6 Å². The van der Waals surface area contributed by atoms with Crippen molar-refractivity contribution in [2.24, 2.45) is 0 Å². The number of ether oxygens (including phenoxy) is 1. The SMILES string of the molecule is O=C(COc1ccc2ccccc2c1)N1CCN(c2ccnc(-c3ccccc3)n2)CC1. The number of benzene rings is 3. The predicted molar refractivity (Wildman–Crippen MR) is 126 cm³/mol. The van der Waals surface area contributed by atoms with Crippen LogP contribution in [0.15, 0.2) is 85.1 Å². The maximum atomic E-state index is 12.7. The molecule has 0 unspecified atom stereocenters. The number of rotatable bonds is 5. The summed E-state index contributed by atoms with van der Waals surface area (Å²) >= 11 is 0. The van der Waals surface area contributed by atoms with E-state index in [2.05, 4.69) is 16.0 Å². The molecule has 1 aliphatic heterocycles. The molecular weight excluding hydrogens is 400 g/mol. The summed E-state index contributed by atoms with van der Waals surface area (Å²) < 4.78 is 5.78. The number of aromatic nitrogens is 2. The summed E-state index contributed by atoms with van der Waals surface area (Å²) in [6.07, 6.45) is 1.79. The largest absolute Gasteiger partial charge is 0.484 e. The monoisotopic (exact) mass is 424 g/mol. The van der Waals surface area contributed by atoms with Crippen molar-refractivity contribution in [1.29, 1.82) is 0 Å². The minimum absolute atomic E-state index is 0.00507. The van der Waals surface area contributed by atoms with Crippen molar-refractivity contribution in [3.05, 3.63) is 85.1 Å². The second kappa shape index (κ2) is 9.06. The van der Waals surface area contributed by atoms with Crippen LogP contribution in [-0.4, -0.2) is 53.6 Å². The smallest absolute Gasteiger partial charge is 0.260 e. The maximum Gasteiger partial charge on any atom is 0.260 e. The molecule has 0 bridgehead atoms. The standard InChI is InChI=1S/C26H24N4O2/c31-25(19-32-23-11-10-20-6-4-5-9-22(20)18-23)30-16-14-29(15-17-30)24-12-13-27-26(28-24)21-7-2-1-3-8-21/h1-13,18H,14-17,19H2. The Labute approximate surface area is 187 Å². The van der Waals surface area contributed by atoms with Gasteiger partial charge in [0.1, 0.15) is 11.6 Å². The summed E-state index contributed by atoms with van der Waals surface area (Å²) in [4.78, 5) is 25.9. The number of piperazine rings is 1. The van der Waals surface area contributed by atoms with Crippen molar-refractivity contribution in [3.63, 3.8) is 0 Å². The van der Waals surface area contributed by atoms with Crippen LogP contribution < -0.4 is 9.64 Å². The first-order chi connectivity index (χ1) is 15.8. The zero-order valence-corrected chi connectivity index (χ0v) is 17.7. The molecule has 6 nitrogen and oxygen atoms in total. The van der Waals surface area contributed by atoms with Gasteiger partial charge < -0.3 is 14.5 Å². The number of hydrogen-bond acceptors (Lipinski definition) is 5. The normalized spacial score (nSPS) is 13.9. The van der Waals surface area contributed by atoms with E-state index in [0.29, 0.717) is 24.7 Å². The third-order valence-corrected chi connectivity index (χ3v) is 5.71. The van der Waals surface area contributed by atoms with E-state index in [0.717, 1.165) is 35.2 Å². The van der Waals surface area contributed by atoms with Crippen LogP contribution >= 0.6 is 0 Å². The molecule has 1 amide bonds. The lowest BCUT2D eigenvalue weighted by molar-refractivity contribution is -0.133. The molecule has 1 saturated heterocycles. The molecule has 4 aromatic rings. The van der Waals surface area contributed by atoms with E-state index < -0.39 is 0 Å². The highest BCUT2D eigenvalue weighted by Gasteiger charge is 2.22. The molecule has 0 spiro atoms. The molecule has 160 valence electrons. The van der Waals surface area contributed by atoms with Gasteiger partial charge in [-0.2, -0.15) is 0 Å². The molecule has 0 atom stereocenters. The van der Waals surface area contributed by atoms with Crippen LogP contribution in [0.25, 0.3) is 22.2 Å². The lowest BCUT2D eigenvalue weighted by Crippen LogP contribution is -2.50. The number of anilines is 1. The van der Waals surface area contributed by atoms with E-state index in [1.54, 1.807) is 6.20 Å². The summed E-state index contributed by atoms with van der Waals surface area (Å²) in [5.74, 6) is 2.32. The molecule has 5 rings (SSSR count). The lowest BCUT2D eigenvalue weighted by atomic mass is 10.1. The van der Waals surface area contributed by atoms with E-state index in [4.69, 9.17) is 9.72 Å². The highest BCUT2D eigenvalue weighted by Crippen LogP contribution is 2.21. The molecule has 6 heteroatoms. The van der Waals surface area contributed by atoms with Crippen LogP contribution in [-0.2, 0) is 4.79 Å². The summed E-state index contributed by atoms with van der Waals surface area (Å²) in [7, 11) is 0. The van der Waals surface area contributed by atoms with Gasteiger partial charge in [0.2, 0.25) is 0 Å². The quantitative estimate of drug-likeness (QED) is 0.484. The van der Waals surface area contributed by atoms with Crippen molar-refractivity contribution in [2.75, 3.05) is 37.7 Å². The van der Waals surface area contributed by atoms with Crippen molar-refractivity contribution in [2.45, 2.75) is 0 Å². The van der Waals surface area contributed by atoms with E-state index in [1.807, 2.05) is 77.7 Å². The summed E-state index contributed by atoms with van der Waals surface area (Å²) in [5, 5.41) is 2.26. The minimum atomic E-state index is 0.00507. The highest BCUT2D eigenvalue weighted by molar-refractivity contribution is 5.84. The van der Waals surface area contributed by atoms with Crippen molar-refractivity contribution < 1.29 is 9.53 Å². The van der Waals surface area contributed by atoms with Gasteiger partial charge in [-0.1, -0.05) is 60.7 Å². The molecule has 2 heterocycles. The molecule has 1 aliphatic rings. The van der Waals surface area contributed by atoms with E-state index in [9.17, 15) is 4.79 Å². The summed E-state index contributed by atoms with van der Waals surface area (Å²) in [6.45, 7) is 2.79. The average Bonchev–Trinajstić information content (AvgIpc) is 2.88. The predicted octanol–water partition coefficient (Wildman–Crippen LogP) is 4.02. The molecule has 1 fully saturated rings. The number of hydrogen-bond donors (Lipinski definition) is 0.